The van der Waals surface area contributed by atoms with Crippen LogP contribution in [0.15, 0.2) is 53.0 Å². The van der Waals surface area contributed by atoms with Crippen molar-refractivity contribution in [3.63, 3.8) is 0 Å². The Bertz CT molecular complexity index is 754. The van der Waals surface area contributed by atoms with Gasteiger partial charge in [-0.05, 0) is 62.4 Å². The fourth-order valence-electron chi connectivity index (χ4n) is 1.90. The molecule has 1 atom stereocenters. The Hall–Kier alpha value is -2.47. The molecule has 1 N–H and O–H groups in total. The lowest BCUT2D eigenvalue weighted by Crippen LogP contribution is -2.30. The Morgan fingerprint density at radius 1 is 0.958 bits per heavy atom. The van der Waals surface area contributed by atoms with Crippen LogP contribution in [-0.2, 0) is 9.53 Å². The number of esters is 1. The first-order chi connectivity index (χ1) is 11.4. The lowest BCUT2D eigenvalue weighted by atomic mass is 10.1. The predicted octanol–water partition coefficient (Wildman–Crippen LogP) is 3.84. The lowest BCUT2D eigenvalue weighted by molar-refractivity contribution is -0.123. The summed E-state index contributed by atoms with van der Waals surface area (Å²) in [6.07, 6.45) is -0.950. The van der Waals surface area contributed by atoms with E-state index in [1.54, 1.807) is 48.5 Å². The number of rotatable bonds is 5. The molecule has 5 nitrogen and oxygen atoms in total. The highest BCUT2D eigenvalue weighted by molar-refractivity contribution is 9.10. The molecule has 0 heterocycles. The molecule has 0 aliphatic heterocycles. The van der Waals surface area contributed by atoms with Crippen molar-refractivity contribution in [1.29, 1.82) is 0 Å². The molecule has 0 fully saturated rings. The molecule has 0 saturated carbocycles. The summed E-state index contributed by atoms with van der Waals surface area (Å²) >= 11 is 3.28. The molecular formula is C18H16BrNO4. The fourth-order valence-corrected chi connectivity index (χ4v) is 2.16. The van der Waals surface area contributed by atoms with Gasteiger partial charge in [-0.1, -0.05) is 15.9 Å². The van der Waals surface area contributed by atoms with Crippen molar-refractivity contribution in [2.24, 2.45) is 0 Å². The van der Waals surface area contributed by atoms with Crippen molar-refractivity contribution < 1.29 is 19.1 Å². The fraction of sp³-hybridized carbons (Fsp3) is 0.167. The van der Waals surface area contributed by atoms with Crippen molar-refractivity contribution in [3.05, 3.63) is 64.1 Å². The summed E-state index contributed by atoms with van der Waals surface area (Å²) in [5.74, 6) is -1.07. The van der Waals surface area contributed by atoms with E-state index in [1.807, 2.05) is 0 Å². The first-order valence-corrected chi connectivity index (χ1v) is 8.04. The highest BCUT2D eigenvalue weighted by atomic mass is 79.9. The molecular weight excluding hydrogens is 374 g/mol. The number of ketones is 1. The number of halogens is 1. The Morgan fingerprint density at radius 3 is 2.04 bits per heavy atom. The van der Waals surface area contributed by atoms with Gasteiger partial charge in [0.2, 0.25) is 0 Å². The second-order valence-electron chi connectivity index (χ2n) is 5.18. The molecule has 0 bridgehead atoms. The molecule has 0 aromatic heterocycles. The van der Waals surface area contributed by atoms with Crippen LogP contribution in [-0.4, -0.2) is 23.8 Å². The van der Waals surface area contributed by atoms with Gasteiger partial charge in [0.1, 0.15) is 0 Å². The Labute approximate surface area is 148 Å². The van der Waals surface area contributed by atoms with Crippen LogP contribution in [0.5, 0.6) is 0 Å². The molecule has 6 heteroatoms. The number of carbonyl (C=O) groups is 3. The lowest BCUT2D eigenvalue weighted by Gasteiger charge is -2.13. The van der Waals surface area contributed by atoms with Crippen LogP contribution < -0.4 is 5.32 Å². The molecule has 1 amide bonds. The van der Waals surface area contributed by atoms with Gasteiger partial charge in [-0.15, -0.1) is 0 Å². The molecule has 2 aromatic carbocycles. The number of hydrogen-bond acceptors (Lipinski definition) is 4. The highest BCUT2D eigenvalue weighted by Gasteiger charge is 2.19. The number of hydrogen-bond donors (Lipinski definition) is 1. The number of ether oxygens (including phenoxy) is 1. The number of anilines is 1. The Kier molecular flexibility index (Phi) is 5.87. The highest BCUT2D eigenvalue weighted by Crippen LogP contribution is 2.13. The van der Waals surface area contributed by atoms with Gasteiger partial charge in [0.05, 0.1) is 5.56 Å². The summed E-state index contributed by atoms with van der Waals surface area (Å²) in [6.45, 7) is 2.97. The van der Waals surface area contributed by atoms with E-state index < -0.39 is 18.0 Å². The average molecular weight is 390 g/mol. The minimum Gasteiger partial charge on any atom is -0.449 e. The predicted molar refractivity (Wildman–Crippen MR) is 94.1 cm³/mol. The summed E-state index contributed by atoms with van der Waals surface area (Å²) in [5, 5.41) is 2.64. The summed E-state index contributed by atoms with van der Waals surface area (Å²) in [7, 11) is 0. The van der Waals surface area contributed by atoms with E-state index in [2.05, 4.69) is 21.2 Å². The number of benzene rings is 2. The maximum Gasteiger partial charge on any atom is 0.338 e. The molecule has 0 unspecified atom stereocenters. The molecule has 0 aliphatic carbocycles. The van der Waals surface area contributed by atoms with Crippen LogP contribution in [0.2, 0.25) is 0 Å². The Balaban J connectivity index is 1.95. The summed E-state index contributed by atoms with van der Waals surface area (Å²) < 4.78 is 6.00. The van der Waals surface area contributed by atoms with E-state index >= 15 is 0 Å². The van der Waals surface area contributed by atoms with Crippen LogP contribution in [0.25, 0.3) is 0 Å². The van der Waals surface area contributed by atoms with Gasteiger partial charge in [-0.3, -0.25) is 9.59 Å². The summed E-state index contributed by atoms with van der Waals surface area (Å²) in [4.78, 5) is 35.3. The van der Waals surface area contributed by atoms with Crippen LogP contribution in [0.1, 0.15) is 34.6 Å². The quantitative estimate of drug-likeness (QED) is 0.622. The van der Waals surface area contributed by atoms with Crippen LogP contribution in [0.3, 0.4) is 0 Å². The third kappa shape index (κ3) is 4.76. The van der Waals surface area contributed by atoms with Crippen molar-refractivity contribution in [2.75, 3.05) is 5.32 Å². The van der Waals surface area contributed by atoms with E-state index in [4.69, 9.17) is 4.74 Å². The maximum absolute atomic E-state index is 12.1. The molecule has 0 aliphatic rings. The minimum atomic E-state index is -0.950. The van der Waals surface area contributed by atoms with Gasteiger partial charge in [0.15, 0.2) is 11.9 Å². The van der Waals surface area contributed by atoms with Crippen molar-refractivity contribution >= 4 is 39.3 Å². The van der Waals surface area contributed by atoms with Crippen LogP contribution in [0.4, 0.5) is 5.69 Å². The van der Waals surface area contributed by atoms with E-state index in [0.717, 1.165) is 4.47 Å². The van der Waals surface area contributed by atoms with Gasteiger partial charge >= 0.3 is 5.97 Å². The largest absolute Gasteiger partial charge is 0.449 e. The van der Waals surface area contributed by atoms with E-state index in [-0.39, 0.29) is 5.78 Å². The van der Waals surface area contributed by atoms with Crippen molar-refractivity contribution in [3.8, 4) is 0 Å². The monoisotopic (exact) mass is 389 g/mol. The first-order valence-electron chi connectivity index (χ1n) is 7.25. The zero-order valence-corrected chi connectivity index (χ0v) is 14.8. The number of carbonyl (C=O) groups excluding carboxylic acids is 3. The summed E-state index contributed by atoms with van der Waals surface area (Å²) in [5.41, 5.74) is 1.45. The number of amides is 1. The molecule has 2 rings (SSSR count). The summed E-state index contributed by atoms with van der Waals surface area (Å²) in [6, 6.07) is 13.1. The Morgan fingerprint density at radius 2 is 1.50 bits per heavy atom. The van der Waals surface area contributed by atoms with Crippen LogP contribution in [0, 0.1) is 0 Å². The van der Waals surface area contributed by atoms with E-state index in [1.165, 1.54) is 13.8 Å². The maximum atomic E-state index is 12.1. The second-order valence-corrected chi connectivity index (χ2v) is 6.09. The third-order valence-electron chi connectivity index (χ3n) is 3.29. The number of nitrogens with one attached hydrogen (secondary N) is 1. The second kappa shape index (κ2) is 7.88. The normalized spacial score (nSPS) is 11.5. The third-order valence-corrected chi connectivity index (χ3v) is 3.82. The molecule has 24 heavy (non-hydrogen) atoms. The van der Waals surface area contributed by atoms with Crippen LogP contribution >= 0.6 is 15.9 Å². The molecule has 0 radical (unpaired) electrons. The van der Waals surface area contributed by atoms with Crippen molar-refractivity contribution in [1.82, 2.24) is 0 Å². The van der Waals surface area contributed by atoms with Gasteiger partial charge in [0.25, 0.3) is 5.91 Å². The smallest absolute Gasteiger partial charge is 0.338 e. The zero-order valence-electron chi connectivity index (χ0n) is 13.2. The van der Waals surface area contributed by atoms with Gasteiger partial charge < -0.3 is 10.1 Å². The number of Topliss-reactive ketones (excluding diaryl/α,β-unsaturated/α-hetero) is 1. The van der Waals surface area contributed by atoms with E-state index in [0.29, 0.717) is 16.8 Å². The minimum absolute atomic E-state index is 0.0512. The molecule has 124 valence electrons. The van der Waals surface area contributed by atoms with Gasteiger partial charge in [-0.2, -0.15) is 0 Å². The molecule has 0 saturated heterocycles. The first kappa shape index (κ1) is 17.9. The zero-order chi connectivity index (χ0) is 17.7. The van der Waals surface area contributed by atoms with Crippen molar-refractivity contribution in [2.45, 2.75) is 20.0 Å². The van der Waals surface area contributed by atoms with Gasteiger partial charge in [-0.25, -0.2) is 4.79 Å². The van der Waals surface area contributed by atoms with Gasteiger partial charge in [0, 0.05) is 15.7 Å². The molecule has 0 spiro atoms. The SMILES string of the molecule is CC(=O)c1ccc(NC(=O)[C@@H](C)OC(=O)c2ccc(Br)cc2)cc1. The molecule has 2 aromatic rings. The standard InChI is InChI=1S/C18H16BrNO4/c1-11(21)13-5-9-16(10-6-13)20-17(22)12(2)24-18(23)14-3-7-15(19)8-4-14/h3-10,12H,1-2H3,(H,20,22)/t12-/m1/s1. The average Bonchev–Trinajstić information content (AvgIpc) is 2.55. The topological polar surface area (TPSA) is 72.5 Å². The van der Waals surface area contributed by atoms with E-state index in [9.17, 15) is 14.4 Å².